The molecule has 0 N–H and O–H groups in total. The Kier molecular flexibility index (Phi) is 2.65. The molecule has 90 valence electrons. The fourth-order valence-corrected chi connectivity index (χ4v) is 2.60. The molecule has 3 rings (SSSR count). The minimum Gasteiger partial charge on any atom is -0.469 e. The highest BCUT2D eigenvalue weighted by Gasteiger charge is 2.32. The van der Waals surface area contributed by atoms with Crippen LogP contribution in [0.2, 0.25) is 0 Å². The topological polar surface area (TPSA) is 26.3 Å². The predicted molar refractivity (Wildman–Crippen MR) is 66.1 cm³/mol. The summed E-state index contributed by atoms with van der Waals surface area (Å²) < 4.78 is 4.83. The standard InChI is InChI=1S/C15H18O2/c1-17-15(16)9-14-12(10-5-6-10)3-2-4-13(14)11-7-8-11/h2-4,10-11H,5-9H2,1H3. The molecule has 2 saturated carbocycles. The van der Waals surface area contributed by atoms with Crippen LogP contribution < -0.4 is 0 Å². The monoisotopic (exact) mass is 230 g/mol. The van der Waals surface area contributed by atoms with Gasteiger partial charge < -0.3 is 4.74 Å². The summed E-state index contributed by atoms with van der Waals surface area (Å²) in [5, 5.41) is 0. The molecule has 0 aliphatic heterocycles. The number of ether oxygens (including phenoxy) is 1. The molecule has 2 heteroatoms. The van der Waals surface area contributed by atoms with Crippen molar-refractivity contribution >= 4 is 5.97 Å². The van der Waals surface area contributed by atoms with Crippen LogP contribution in [0.15, 0.2) is 18.2 Å². The molecule has 2 aliphatic carbocycles. The van der Waals surface area contributed by atoms with Crippen molar-refractivity contribution in [1.82, 2.24) is 0 Å². The molecule has 0 spiro atoms. The maximum atomic E-state index is 11.5. The van der Waals surface area contributed by atoms with Gasteiger partial charge in [0, 0.05) is 0 Å². The van der Waals surface area contributed by atoms with Gasteiger partial charge in [-0.3, -0.25) is 4.79 Å². The SMILES string of the molecule is COC(=O)Cc1c(C2CC2)cccc1C1CC1. The van der Waals surface area contributed by atoms with E-state index in [1.807, 2.05) is 0 Å². The molecular weight excluding hydrogens is 212 g/mol. The van der Waals surface area contributed by atoms with Crippen molar-refractivity contribution in [2.75, 3.05) is 7.11 Å². The number of esters is 1. The van der Waals surface area contributed by atoms with Crippen LogP contribution >= 0.6 is 0 Å². The first-order valence-electron chi connectivity index (χ1n) is 6.48. The van der Waals surface area contributed by atoms with Crippen LogP contribution in [-0.4, -0.2) is 13.1 Å². The third-order valence-electron chi connectivity index (χ3n) is 3.83. The van der Waals surface area contributed by atoms with Crippen LogP contribution in [-0.2, 0) is 16.0 Å². The van der Waals surface area contributed by atoms with E-state index in [0.29, 0.717) is 18.3 Å². The largest absolute Gasteiger partial charge is 0.469 e. The Balaban J connectivity index is 1.96. The summed E-state index contributed by atoms with van der Waals surface area (Å²) in [5.41, 5.74) is 4.07. The third kappa shape index (κ3) is 2.21. The summed E-state index contributed by atoms with van der Waals surface area (Å²) in [6, 6.07) is 6.55. The molecule has 2 aliphatic rings. The van der Waals surface area contributed by atoms with Crippen molar-refractivity contribution in [1.29, 1.82) is 0 Å². The molecule has 0 amide bonds. The zero-order valence-electron chi connectivity index (χ0n) is 10.2. The summed E-state index contributed by atoms with van der Waals surface area (Å²) in [6.07, 6.45) is 5.57. The lowest BCUT2D eigenvalue weighted by molar-refractivity contribution is -0.139. The third-order valence-corrected chi connectivity index (χ3v) is 3.83. The fourth-order valence-electron chi connectivity index (χ4n) is 2.60. The Morgan fingerprint density at radius 1 is 1.18 bits per heavy atom. The molecule has 0 heterocycles. The van der Waals surface area contributed by atoms with Gasteiger partial charge in [0.05, 0.1) is 13.5 Å². The molecule has 2 nitrogen and oxygen atoms in total. The van der Waals surface area contributed by atoms with E-state index in [1.165, 1.54) is 49.5 Å². The highest BCUT2D eigenvalue weighted by atomic mass is 16.5. The van der Waals surface area contributed by atoms with Gasteiger partial charge in [0.2, 0.25) is 0 Å². The molecule has 1 aromatic carbocycles. The lowest BCUT2D eigenvalue weighted by Crippen LogP contribution is -2.09. The normalized spacial score (nSPS) is 19.1. The summed E-state index contributed by atoms with van der Waals surface area (Å²) in [6.45, 7) is 0. The molecular formula is C15H18O2. The van der Waals surface area contributed by atoms with Crippen LogP contribution in [0.5, 0.6) is 0 Å². The van der Waals surface area contributed by atoms with Crippen molar-refractivity contribution in [2.24, 2.45) is 0 Å². The fraction of sp³-hybridized carbons (Fsp3) is 0.533. The number of hydrogen-bond acceptors (Lipinski definition) is 2. The highest BCUT2D eigenvalue weighted by molar-refractivity contribution is 5.74. The second-order valence-electron chi connectivity index (χ2n) is 5.22. The Morgan fingerprint density at radius 3 is 2.12 bits per heavy atom. The van der Waals surface area contributed by atoms with Crippen LogP contribution in [0.3, 0.4) is 0 Å². The van der Waals surface area contributed by atoms with Crippen molar-refractivity contribution in [3.8, 4) is 0 Å². The Hall–Kier alpha value is -1.31. The summed E-state index contributed by atoms with van der Waals surface area (Å²) in [4.78, 5) is 11.5. The predicted octanol–water partition coefficient (Wildman–Crippen LogP) is 3.16. The van der Waals surface area contributed by atoms with Gasteiger partial charge in [0.1, 0.15) is 0 Å². The van der Waals surface area contributed by atoms with E-state index < -0.39 is 0 Å². The average Bonchev–Trinajstić information content (AvgIpc) is 3.18. The molecule has 1 aromatic rings. The summed E-state index contributed by atoms with van der Waals surface area (Å²) in [5.74, 6) is 1.29. The lowest BCUT2D eigenvalue weighted by atomic mass is 9.93. The average molecular weight is 230 g/mol. The smallest absolute Gasteiger partial charge is 0.309 e. The van der Waals surface area contributed by atoms with Gasteiger partial charge in [0.15, 0.2) is 0 Å². The molecule has 0 saturated heterocycles. The number of benzene rings is 1. The maximum Gasteiger partial charge on any atom is 0.309 e. The van der Waals surface area contributed by atoms with Gasteiger partial charge in [0.25, 0.3) is 0 Å². The van der Waals surface area contributed by atoms with Crippen LogP contribution in [0.4, 0.5) is 0 Å². The minimum absolute atomic E-state index is 0.111. The van der Waals surface area contributed by atoms with E-state index >= 15 is 0 Å². The molecule has 0 atom stereocenters. The second-order valence-corrected chi connectivity index (χ2v) is 5.22. The van der Waals surface area contributed by atoms with Crippen molar-refractivity contribution < 1.29 is 9.53 Å². The Labute approximate surface area is 102 Å². The van der Waals surface area contributed by atoms with E-state index in [9.17, 15) is 4.79 Å². The summed E-state index contributed by atoms with van der Waals surface area (Å²) >= 11 is 0. The number of carbonyl (C=O) groups excluding carboxylic acids is 1. The van der Waals surface area contributed by atoms with Gasteiger partial charge in [-0.05, 0) is 54.2 Å². The summed E-state index contributed by atoms with van der Waals surface area (Å²) in [7, 11) is 1.47. The molecule has 2 fully saturated rings. The zero-order valence-corrected chi connectivity index (χ0v) is 10.2. The Morgan fingerprint density at radius 2 is 1.71 bits per heavy atom. The van der Waals surface area contributed by atoms with Gasteiger partial charge in [-0.15, -0.1) is 0 Å². The maximum absolute atomic E-state index is 11.5. The van der Waals surface area contributed by atoms with E-state index in [2.05, 4.69) is 18.2 Å². The van der Waals surface area contributed by atoms with Crippen LogP contribution in [0, 0.1) is 0 Å². The number of rotatable bonds is 4. The first kappa shape index (κ1) is 10.8. The first-order valence-corrected chi connectivity index (χ1v) is 6.48. The number of carbonyl (C=O) groups is 1. The zero-order chi connectivity index (χ0) is 11.8. The van der Waals surface area contributed by atoms with Gasteiger partial charge in [-0.2, -0.15) is 0 Å². The number of methoxy groups -OCH3 is 1. The van der Waals surface area contributed by atoms with Crippen molar-refractivity contribution in [2.45, 2.75) is 43.9 Å². The quantitative estimate of drug-likeness (QED) is 0.743. The van der Waals surface area contributed by atoms with Crippen molar-refractivity contribution in [3.05, 3.63) is 34.9 Å². The van der Waals surface area contributed by atoms with E-state index in [-0.39, 0.29) is 5.97 Å². The molecule has 0 radical (unpaired) electrons. The minimum atomic E-state index is -0.111. The highest BCUT2D eigenvalue weighted by Crippen LogP contribution is 2.47. The lowest BCUT2D eigenvalue weighted by Gasteiger charge is -2.13. The van der Waals surface area contributed by atoms with E-state index in [4.69, 9.17) is 4.74 Å². The van der Waals surface area contributed by atoms with Gasteiger partial charge in [-0.1, -0.05) is 18.2 Å². The van der Waals surface area contributed by atoms with Crippen molar-refractivity contribution in [3.63, 3.8) is 0 Å². The number of hydrogen-bond donors (Lipinski definition) is 0. The second kappa shape index (κ2) is 4.17. The van der Waals surface area contributed by atoms with E-state index in [1.54, 1.807) is 0 Å². The first-order chi connectivity index (χ1) is 8.29. The molecule has 0 bridgehead atoms. The molecule has 0 aromatic heterocycles. The molecule has 17 heavy (non-hydrogen) atoms. The van der Waals surface area contributed by atoms with Crippen LogP contribution in [0.1, 0.15) is 54.2 Å². The van der Waals surface area contributed by atoms with E-state index in [0.717, 1.165) is 0 Å². The van der Waals surface area contributed by atoms with Gasteiger partial charge >= 0.3 is 5.97 Å². The van der Waals surface area contributed by atoms with Gasteiger partial charge in [-0.25, -0.2) is 0 Å². The van der Waals surface area contributed by atoms with Crippen LogP contribution in [0.25, 0.3) is 0 Å². The molecule has 0 unspecified atom stereocenters. The Bertz CT molecular complexity index is 412.